The Morgan fingerprint density at radius 1 is 1.09 bits per heavy atom. The summed E-state index contributed by atoms with van der Waals surface area (Å²) in [7, 11) is 1.51. The summed E-state index contributed by atoms with van der Waals surface area (Å²) in [4.78, 5) is 13.7. The maximum Gasteiger partial charge on any atom is 0.255 e. The Kier molecular flexibility index (Phi) is 4.76. The van der Waals surface area contributed by atoms with Gasteiger partial charge in [-0.25, -0.2) is 13.2 Å². The highest BCUT2D eigenvalue weighted by Gasteiger charge is 2.22. The summed E-state index contributed by atoms with van der Waals surface area (Å²) in [6.07, 6.45) is 0. The molecule has 0 bridgehead atoms. The Hall–Kier alpha value is -2.01. The van der Waals surface area contributed by atoms with Crippen molar-refractivity contribution in [3.63, 3.8) is 0 Å². The van der Waals surface area contributed by atoms with Gasteiger partial charge in [0.1, 0.15) is 5.82 Å². The van der Waals surface area contributed by atoms with E-state index in [4.69, 9.17) is 11.6 Å². The fourth-order valence-corrected chi connectivity index (χ4v) is 2.27. The van der Waals surface area contributed by atoms with Crippen LogP contribution in [-0.4, -0.2) is 17.9 Å². The highest BCUT2D eigenvalue weighted by Crippen LogP contribution is 2.25. The number of carbonyl (C=O) groups excluding carboxylic acids is 1. The summed E-state index contributed by atoms with van der Waals surface area (Å²) in [5.74, 6) is -2.92. The van der Waals surface area contributed by atoms with Crippen LogP contribution in [0.5, 0.6) is 0 Å². The standard InChI is InChI=1S/C16H13ClF3NO/c1-9(10-3-6-14(19)15(20)7-10)21(2)16(22)12-5-4-11(18)8-13(12)17/h3-9H,1-2H3. The first-order chi connectivity index (χ1) is 10.3. The number of hydrogen-bond acceptors (Lipinski definition) is 1. The molecule has 0 fully saturated rings. The second-order valence-electron chi connectivity index (χ2n) is 4.89. The lowest BCUT2D eigenvalue weighted by molar-refractivity contribution is 0.0742. The molecular formula is C16H13ClF3NO. The van der Waals surface area contributed by atoms with Crippen LogP contribution in [-0.2, 0) is 0 Å². The summed E-state index contributed by atoms with van der Waals surface area (Å²) >= 11 is 5.87. The van der Waals surface area contributed by atoms with Gasteiger partial charge in [-0.2, -0.15) is 0 Å². The smallest absolute Gasteiger partial charge is 0.255 e. The second kappa shape index (κ2) is 6.40. The number of amides is 1. The molecule has 0 N–H and O–H groups in total. The van der Waals surface area contributed by atoms with E-state index in [0.717, 1.165) is 24.3 Å². The lowest BCUT2D eigenvalue weighted by atomic mass is 10.1. The largest absolute Gasteiger partial charge is 0.335 e. The van der Waals surface area contributed by atoms with E-state index < -0.39 is 29.4 Å². The lowest BCUT2D eigenvalue weighted by Gasteiger charge is -2.26. The van der Waals surface area contributed by atoms with Gasteiger partial charge in [0.2, 0.25) is 0 Å². The van der Waals surface area contributed by atoms with Gasteiger partial charge in [-0.15, -0.1) is 0 Å². The normalized spacial score (nSPS) is 12.1. The van der Waals surface area contributed by atoms with Crippen molar-refractivity contribution in [1.82, 2.24) is 4.90 Å². The van der Waals surface area contributed by atoms with E-state index in [1.807, 2.05) is 0 Å². The Balaban J connectivity index is 2.27. The van der Waals surface area contributed by atoms with Gasteiger partial charge in [0.25, 0.3) is 5.91 Å². The molecule has 0 spiro atoms. The number of hydrogen-bond donors (Lipinski definition) is 0. The SMILES string of the molecule is CC(c1ccc(F)c(F)c1)N(C)C(=O)c1ccc(F)cc1Cl. The van der Waals surface area contributed by atoms with Crippen molar-refractivity contribution in [2.24, 2.45) is 0 Å². The average molecular weight is 328 g/mol. The van der Waals surface area contributed by atoms with Crippen molar-refractivity contribution in [3.05, 3.63) is 70.0 Å². The zero-order valence-corrected chi connectivity index (χ0v) is 12.7. The van der Waals surface area contributed by atoms with Crippen LogP contribution in [0.3, 0.4) is 0 Å². The van der Waals surface area contributed by atoms with E-state index in [2.05, 4.69) is 0 Å². The molecule has 0 saturated heterocycles. The van der Waals surface area contributed by atoms with E-state index in [-0.39, 0.29) is 10.6 Å². The summed E-state index contributed by atoms with van der Waals surface area (Å²) < 4.78 is 39.3. The molecule has 6 heteroatoms. The molecule has 0 saturated carbocycles. The lowest BCUT2D eigenvalue weighted by Crippen LogP contribution is -2.30. The summed E-state index contributed by atoms with van der Waals surface area (Å²) in [5, 5.41) is -0.00524. The van der Waals surface area contributed by atoms with E-state index in [0.29, 0.717) is 5.56 Å². The van der Waals surface area contributed by atoms with Crippen LogP contribution < -0.4 is 0 Å². The molecule has 0 aromatic heterocycles. The molecule has 116 valence electrons. The third kappa shape index (κ3) is 3.25. The van der Waals surface area contributed by atoms with Crippen LogP contribution in [0, 0.1) is 17.5 Å². The molecule has 0 aliphatic heterocycles. The van der Waals surface area contributed by atoms with Crippen LogP contribution in [0.1, 0.15) is 28.9 Å². The van der Waals surface area contributed by atoms with Gasteiger partial charge in [-0.3, -0.25) is 4.79 Å². The molecular weight excluding hydrogens is 315 g/mol. The van der Waals surface area contributed by atoms with Gasteiger partial charge in [0.05, 0.1) is 16.6 Å². The third-order valence-corrected chi connectivity index (χ3v) is 3.80. The third-order valence-electron chi connectivity index (χ3n) is 3.49. The van der Waals surface area contributed by atoms with Crippen LogP contribution in [0.4, 0.5) is 13.2 Å². The summed E-state index contributed by atoms with van der Waals surface area (Å²) in [6.45, 7) is 1.67. The zero-order valence-electron chi connectivity index (χ0n) is 11.9. The number of benzene rings is 2. The molecule has 1 atom stereocenters. The van der Waals surface area contributed by atoms with Crippen molar-refractivity contribution in [1.29, 1.82) is 0 Å². The van der Waals surface area contributed by atoms with E-state index in [9.17, 15) is 18.0 Å². The maximum absolute atomic E-state index is 13.3. The van der Waals surface area contributed by atoms with E-state index >= 15 is 0 Å². The Bertz CT molecular complexity index is 721. The zero-order chi connectivity index (χ0) is 16.4. The highest BCUT2D eigenvalue weighted by molar-refractivity contribution is 6.33. The minimum Gasteiger partial charge on any atom is -0.335 e. The molecule has 2 aromatic carbocycles. The van der Waals surface area contributed by atoms with Crippen molar-refractivity contribution in [2.75, 3.05) is 7.05 Å². The summed E-state index contributed by atoms with van der Waals surface area (Å²) in [6, 6.07) is 6.40. The first-order valence-corrected chi connectivity index (χ1v) is 6.86. The van der Waals surface area contributed by atoms with Crippen LogP contribution >= 0.6 is 11.6 Å². The number of rotatable bonds is 3. The number of halogens is 4. The van der Waals surface area contributed by atoms with Gasteiger partial charge < -0.3 is 4.90 Å². The Labute approximate surface area is 131 Å². The molecule has 0 radical (unpaired) electrons. The first kappa shape index (κ1) is 16.4. The van der Waals surface area contributed by atoms with Gasteiger partial charge in [0, 0.05) is 7.05 Å². The monoisotopic (exact) mass is 327 g/mol. The predicted molar refractivity (Wildman–Crippen MR) is 78.3 cm³/mol. The summed E-state index contributed by atoms with van der Waals surface area (Å²) in [5.41, 5.74) is 0.577. The minimum absolute atomic E-state index is 0.00524. The molecule has 2 aromatic rings. The van der Waals surface area contributed by atoms with E-state index in [1.54, 1.807) is 6.92 Å². The molecule has 2 nitrogen and oxygen atoms in total. The van der Waals surface area contributed by atoms with Crippen molar-refractivity contribution < 1.29 is 18.0 Å². The van der Waals surface area contributed by atoms with Gasteiger partial charge in [-0.05, 0) is 42.8 Å². The quantitative estimate of drug-likeness (QED) is 0.807. The number of carbonyl (C=O) groups is 1. The molecule has 2 rings (SSSR count). The van der Waals surface area contributed by atoms with Crippen molar-refractivity contribution >= 4 is 17.5 Å². The molecule has 0 heterocycles. The van der Waals surface area contributed by atoms with Crippen molar-refractivity contribution in [3.8, 4) is 0 Å². The van der Waals surface area contributed by atoms with E-state index in [1.165, 1.54) is 24.1 Å². The van der Waals surface area contributed by atoms with Gasteiger partial charge >= 0.3 is 0 Å². The topological polar surface area (TPSA) is 20.3 Å². The van der Waals surface area contributed by atoms with Crippen LogP contribution in [0.25, 0.3) is 0 Å². The van der Waals surface area contributed by atoms with Crippen LogP contribution in [0.15, 0.2) is 36.4 Å². The molecule has 1 unspecified atom stereocenters. The first-order valence-electron chi connectivity index (χ1n) is 6.48. The fourth-order valence-electron chi connectivity index (χ4n) is 2.02. The molecule has 22 heavy (non-hydrogen) atoms. The van der Waals surface area contributed by atoms with Crippen LogP contribution in [0.2, 0.25) is 5.02 Å². The predicted octanol–water partition coefficient (Wildman–Crippen LogP) is 4.59. The average Bonchev–Trinajstić information content (AvgIpc) is 2.48. The molecule has 0 aliphatic carbocycles. The second-order valence-corrected chi connectivity index (χ2v) is 5.30. The minimum atomic E-state index is -0.981. The Morgan fingerprint density at radius 2 is 1.77 bits per heavy atom. The molecule has 0 aliphatic rings. The fraction of sp³-hybridized carbons (Fsp3) is 0.188. The Morgan fingerprint density at radius 3 is 2.36 bits per heavy atom. The molecule has 1 amide bonds. The van der Waals surface area contributed by atoms with Crippen molar-refractivity contribution in [2.45, 2.75) is 13.0 Å². The van der Waals surface area contributed by atoms with Gasteiger partial charge in [-0.1, -0.05) is 17.7 Å². The van der Waals surface area contributed by atoms with Gasteiger partial charge in [0.15, 0.2) is 11.6 Å². The maximum atomic E-state index is 13.3. The highest BCUT2D eigenvalue weighted by atomic mass is 35.5. The number of nitrogens with zero attached hydrogens (tertiary/aromatic N) is 1.